The number of hydrogen-bond acceptors (Lipinski definition) is 5. The minimum Gasteiger partial charge on any atom is -0.486 e. The fourth-order valence-corrected chi connectivity index (χ4v) is 2.27. The zero-order valence-electron chi connectivity index (χ0n) is 12.7. The number of carbonyl (C=O) groups excluding carboxylic acids is 1. The lowest BCUT2D eigenvalue weighted by Crippen LogP contribution is -2.24. The van der Waals surface area contributed by atoms with Crippen LogP contribution in [-0.2, 0) is 11.3 Å². The molecule has 0 bridgehead atoms. The van der Waals surface area contributed by atoms with Crippen LogP contribution in [0.2, 0.25) is 0 Å². The highest BCUT2D eigenvalue weighted by atomic mass is 16.6. The first-order chi connectivity index (χ1) is 11.3. The molecular weight excluding hydrogens is 294 g/mol. The molecule has 23 heavy (non-hydrogen) atoms. The molecule has 6 nitrogen and oxygen atoms in total. The van der Waals surface area contributed by atoms with Gasteiger partial charge in [-0.2, -0.15) is 0 Å². The Labute approximate surface area is 134 Å². The highest BCUT2D eigenvalue weighted by molar-refractivity contribution is 5.76. The number of aromatic nitrogens is 1. The molecule has 0 saturated carbocycles. The van der Waals surface area contributed by atoms with Gasteiger partial charge in [0.15, 0.2) is 11.5 Å². The lowest BCUT2D eigenvalue weighted by Gasteiger charge is -2.19. The summed E-state index contributed by atoms with van der Waals surface area (Å²) < 4.78 is 11.0. The van der Waals surface area contributed by atoms with Gasteiger partial charge >= 0.3 is 0 Å². The molecule has 0 unspecified atom stereocenters. The number of anilines is 1. The van der Waals surface area contributed by atoms with Crippen LogP contribution >= 0.6 is 0 Å². The number of pyridine rings is 1. The van der Waals surface area contributed by atoms with Gasteiger partial charge in [-0.25, -0.2) is 0 Å². The lowest BCUT2D eigenvalue weighted by molar-refractivity contribution is -0.121. The predicted octanol–water partition coefficient (Wildman–Crippen LogP) is 1.97. The molecule has 3 rings (SSSR count). The van der Waals surface area contributed by atoms with Crippen LogP contribution in [0.25, 0.3) is 0 Å². The number of nitrogens with zero attached hydrogens (tertiary/aromatic N) is 1. The van der Waals surface area contributed by atoms with E-state index in [-0.39, 0.29) is 5.91 Å². The third-order valence-corrected chi connectivity index (χ3v) is 3.44. The lowest BCUT2D eigenvalue weighted by atomic mass is 10.2. The van der Waals surface area contributed by atoms with Gasteiger partial charge in [0.25, 0.3) is 0 Å². The highest BCUT2D eigenvalue weighted by Crippen LogP contribution is 2.32. The number of hydrogen-bond donors (Lipinski definition) is 2. The van der Waals surface area contributed by atoms with Gasteiger partial charge in [-0.15, -0.1) is 0 Å². The molecule has 2 aromatic rings. The monoisotopic (exact) mass is 313 g/mol. The summed E-state index contributed by atoms with van der Waals surface area (Å²) in [5.74, 6) is 1.50. The van der Waals surface area contributed by atoms with Crippen molar-refractivity contribution in [3.8, 4) is 11.5 Å². The van der Waals surface area contributed by atoms with Crippen LogP contribution in [0.1, 0.15) is 12.0 Å². The smallest absolute Gasteiger partial charge is 0.222 e. The van der Waals surface area contributed by atoms with Crippen LogP contribution < -0.4 is 20.1 Å². The molecular formula is C17H19N3O3. The maximum atomic E-state index is 11.8. The standard InChI is InChI=1S/C17H19N3O3/c21-17(20-12-13-2-1-6-18-11-13)5-7-19-14-3-4-15-16(10-14)23-9-8-22-15/h1-4,6,10-11,19H,5,7-9,12H2,(H,20,21). The molecule has 1 amide bonds. The number of ether oxygens (including phenoxy) is 2. The molecule has 0 fully saturated rings. The number of benzene rings is 1. The highest BCUT2D eigenvalue weighted by Gasteiger charge is 2.11. The second-order valence-electron chi connectivity index (χ2n) is 5.17. The van der Waals surface area contributed by atoms with E-state index < -0.39 is 0 Å². The van der Waals surface area contributed by atoms with Gasteiger partial charge in [0.1, 0.15) is 13.2 Å². The summed E-state index contributed by atoms with van der Waals surface area (Å²) in [6.45, 7) is 2.19. The fourth-order valence-electron chi connectivity index (χ4n) is 2.27. The molecule has 120 valence electrons. The molecule has 6 heteroatoms. The van der Waals surface area contributed by atoms with E-state index in [0.717, 1.165) is 22.7 Å². The van der Waals surface area contributed by atoms with E-state index in [1.54, 1.807) is 12.4 Å². The molecule has 0 saturated heterocycles. The van der Waals surface area contributed by atoms with E-state index in [1.165, 1.54) is 0 Å². The van der Waals surface area contributed by atoms with Gasteiger partial charge in [0.05, 0.1) is 0 Å². The van der Waals surface area contributed by atoms with E-state index in [1.807, 2.05) is 30.3 Å². The summed E-state index contributed by atoms with van der Waals surface area (Å²) >= 11 is 0. The fraction of sp³-hybridized carbons (Fsp3) is 0.294. The minimum atomic E-state index is -0.00102. The SMILES string of the molecule is O=C(CCNc1ccc2c(c1)OCCO2)NCc1cccnc1. The molecule has 0 atom stereocenters. The van der Waals surface area contributed by atoms with E-state index in [0.29, 0.717) is 32.7 Å². The number of rotatable bonds is 6. The molecule has 1 aromatic carbocycles. The van der Waals surface area contributed by atoms with E-state index in [9.17, 15) is 4.79 Å². The van der Waals surface area contributed by atoms with Crippen molar-refractivity contribution in [3.63, 3.8) is 0 Å². The van der Waals surface area contributed by atoms with Crippen molar-refractivity contribution < 1.29 is 14.3 Å². The van der Waals surface area contributed by atoms with Crippen molar-refractivity contribution in [2.24, 2.45) is 0 Å². The summed E-state index contributed by atoms with van der Waals surface area (Å²) in [6, 6.07) is 9.47. The van der Waals surface area contributed by atoms with E-state index in [4.69, 9.17) is 9.47 Å². The summed E-state index contributed by atoms with van der Waals surface area (Å²) in [7, 11) is 0. The molecule has 1 aliphatic rings. The second kappa shape index (κ2) is 7.49. The molecule has 1 aromatic heterocycles. The first-order valence-corrected chi connectivity index (χ1v) is 7.60. The average Bonchev–Trinajstić information content (AvgIpc) is 2.61. The van der Waals surface area contributed by atoms with E-state index in [2.05, 4.69) is 15.6 Å². The van der Waals surface area contributed by atoms with Crippen LogP contribution in [0.4, 0.5) is 5.69 Å². The Morgan fingerprint density at radius 1 is 1.17 bits per heavy atom. The molecule has 0 spiro atoms. The average molecular weight is 313 g/mol. The Hall–Kier alpha value is -2.76. The summed E-state index contributed by atoms with van der Waals surface area (Å²) in [4.78, 5) is 15.8. The molecule has 2 heterocycles. The van der Waals surface area contributed by atoms with Gasteiger partial charge in [0.2, 0.25) is 5.91 Å². The Morgan fingerprint density at radius 3 is 2.87 bits per heavy atom. The van der Waals surface area contributed by atoms with Crippen molar-refractivity contribution in [2.75, 3.05) is 25.1 Å². The number of carbonyl (C=O) groups is 1. The third-order valence-electron chi connectivity index (χ3n) is 3.44. The Kier molecular flexibility index (Phi) is 4.93. The number of fused-ring (bicyclic) bond motifs is 1. The van der Waals surface area contributed by atoms with Gasteiger partial charge in [-0.1, -0.05) is 6.07 Å². The van der Waals surface area contributed by atoms with E-state index >= 15 is 0 Å². The van der Waals surface area contributed by atoms with Gasteiger partial charge < -0.3 is 20.1 Å². The number of amides is 1. The molecule has 1 aliphatic heterocycles. The molecule has 2 N–H and O–H groups in total. The normalized spacial score (nSPS) is 12.5. The van der Waals surface area contributed by atoms with Crippen LogP contribution in [0.15, 0.2) is 42.7 Å². The quantitative estimate of drug-likeness (QED) is 0.853. The van der Waals surface area contributed by atoms with Gasteiger partial charge in [-0.05, 0) is 23.8 Å². The van der Waals surface area contributed by atoms with Crippen molar-refractivity contribution in [1.82, 2.24) is 10.3 Å². The summed E-state index contributed by atoms with van der Waals surface area (Å²) in [5, 5.41) is 6.09. The summed E-state index contributed by atoms with van der Waals surface area (Å²) in [6.07, 6.45) is 3.85. The van der Waals surface area contributed by atoms with Crippen molar-refractivity contribution in [2.45, 2.75) is 13.0 Å². The predicted molar refractivity (Wildman–Crippen MR) is 86.6 cm³/mol. The zero-order valence-corrected chi connectivity index (χ0v) is 12.7. The molecule has 0 aliphatic carbocycles. The Balaban J connectivity index is 1.41. The second-order valence-corrected chi connectivity index (χ2v) is 5.17. The van der Waals surface area contributed by atoms with Gasteiger partial charge in [-0.3, -0.25) is 9.78 Å². The third kappa shape index (κ3) is 4.35. The van der Waals surface area contributed by atoms with Gasteiger partial charge in [0, 0.05) is 43.7 Å². The maximum Gasteiger partial charge on any atom is 0.222 e. The molecule has 0 radical (unpaired) electrons. The van der Waals surface area contributed by atoms with Crippen molar-refractivity contribution in [1.29, 1.82) is 0 Å². The minimum absolute atomic E-state index is 0.00102. The van der Waals surface area contributed by atoms with Crippen molar-refractivity contribution >= 4 is 11.6 Å². The van der Waals surface area contributed by atoms with Crippen LogP contribution in [-0.4, -0.2) is 30.6 Å². The Bertz CT molecular complexity index is 661. The number of nitrogens with one attached hydrogen (secondary N) is 2. The first kappa shape index (κ1) is 15.1. The largest absolute Gasteiger partial charge is 0.486 e. The van der Waals surface area contributed by atoms with Crippen molar-refractivity contribution in [3.05, 3.63) is 48.3 Å². The first-order valence-electron chi connectivity index (χ1n) is 7.60. The zero-order chi connectivity index (χ0) is 15.9. The van der Waals surface area contributed by atoms with Crippen LogP contribution in [0.3, 0.4) is 0 Å². The van der Waals surface area contributed by atoms with Crippen LogP contribution in [0, 0.1) is 0 Å². The maximum absolute atomic E-state index is 11.8. The Morgan fingerprint density at radius 2 is 2.04 bits per heavy atom. The van der Waals surface area contributed by atoms with Crippen LogP contribution in [0.5, 0.6) is 11.5 Å². The topological polar surface area (TPSA) is 72.5 Å². The summed E-state index contributed by atoms with van der Waals surface area (Å²) in [5.41, 5.74) is 1.90.